The zero-order valence-corrected chi connectivity index (χ0v) is 15.0. The predicted molar refractivity (Wildman–Crippen MR) is 87.5 cm³/mol. The van der Waals surface area contributed by atoms with Gasteiger partial charge in [0.05, 0.1) is 5.71 Å². The van der Waals surface area contributed by atoms with Crippen molar-refractivity contribution in [3.05, 3.63) is 11.3 Å². The quantitative estimate of drug-likeness (QED) is 0.489. The van der Waals surface area contributed by atoms with Crippen LogP contribution in [0.15, 0.2) is 16.3 Å². The zero-order chi connectivity index (χ0) is 18.0. The molecule has 0 saturated heterocycles. The van der Waals surface area contributed by atoms with E-state index in [9.17, 15) is 14.7 Å². The fourth-order valence-corrected chi connectivity index (χ4v) is 2.12. The van der Waals surface area contributed by atoms with Crippen molar-refractivity contribution in [3.8, 4) is 0 Å². The molecule has 1 aliphatic heterocycles. The maximum Gasteiger partial charge on any atom is 0.343 e. The summed E-state index contributed by atoms with van der Waals surface area (Å²) in [6, 6.07) is -0.652. The lowest BCUT2D eigenvalue weighted by Crippen LogP contribution is -2.30. The molecule has 6 nitrogen and oxygen atoms in total. The first-order chi connectivity index (χ1) is 10.3. The summed E-state index contributed by atoms with van der Waals surface area (Å²) < 4.78 is 10.6. The van der Waals surface area contributed by atoms with Crippen LogP contribution in [0.25, 0.3) is 0 Å². The van der Waals surface area contributed by atoms with Crippen molar-refractivity contribution in [2.24, 2.45) is 4.99 Å². The summed E-state index contributed by atoms with van der Waals surface area (Å²) in [6.45, 7) is 12.0. The van der Waals surface area contributed by atoms with E-state index in [0.717, 1.165) is 0 Å². The van der Waals surface area contributed by atoms with Crippen molar-refractivity contribution in [2.45, 2.75) is 78.6 Å². The topological polar surface area (TPSA) is 85.2 Å². The van der Waals surface area contributed by atoms with E-state index in [-0.39, 0.29) is 11.3 Å². The number of aliphatic hydroxyl groups is 1. The number of ether oxygens (including phenoxy) is 2. The van der Waals surface area contributed by atoms with Gasteiger partial charge in [0.1, 0.15) is 28.6 Å². The smallest absolute Gasteiger partial charge is 0.343 e. The molecule has 1 atom stereocenters. The third-order valence-corrected chi connectivity index (χ3v) is 2.90. The van der Waals surface area contributed by atoms with Crippen LogP contribution in [0.1, 0.15) is 61.3 Å². The van der Waals surface area contributed by atoms with E-state index in [2.05, 4.69) is 4.99 Å². The second-order valence-corrected chi connectivity index (χ2v) is 7.63. The Hall–Kier alpha value is -1.85. The van der Waals surface area contributed by atoms with E-state index >= 15 is 0 Å². The average Bonchev–Trinajstić information content (AvgIpc) is 2.72. The second-order valence-electron chi connectivity index (χ2n) is 7.63. The van der Waals surface area contributed by atoms with Crippen molar-refractivity contribution in [2.75, 3.05) is 0 Å². The standard InChI is InChI=1S/C17H27NO5/c1-10(19)13(15(21)23-17(5,6)7)11-8-9-12(18-11)14(20)22-16(2,3)4/h12,19H,8-9H2,1-7H3/b13-10+. The second kappa shape index (κ2) is 6.72. The molecule has 0 radical (unpaired) electrons. The number of aliphatic imine (C=N–C) groups is 1. The van der Waals surface area contributed by atoms with Crippen LogP contribution >= 0.6 is 0 Å². The Kier molecular flexibility index (Phi) is 5.61. The van der Waals surface area contributed by atoms with E-state index in [4.69, 9.17) is 9.47 Å². The summed E-state index contributed by atoms with van der Waals surface area (Å²) in [4.78, 5) is 28.6. The minimum absolute atomic E-state index is 0.0333. The van der Waals surface area contributed by atoms with E-state index < -0.39 is 29.2 Å². The molecular weight excluding hydrogens is 298 g/mol. The number of rotatable bonds is 3. The molecule has 1 N–H and O–H groups in total. The molecule has 0 amide bonds. The van der Waals surface area contributed by atoms with Gasteiger partial charge < -0.3 is 14.6 Å². The first-order valence-electron chi connectivity index (χ1n) is 7.73. The molecule has 0 spiro atoms. The maximum absolute atomic E-state index is 12.3. The molecule has 0 aromatic carbocycles. The molecule has 0 aromatic heterocycles. The number of carbonyl (C=O) groups excluding carboxylic acids is 2. The molecule has 23 heavy (non-hydrogen) atoms. The van der Waals surface area contributed by atoms with E-state index in [1.54, 1.807) is 41.5 Å². The van der Waals surface area contributed by atoms with Crippen molar-refractivity contribution in [1.29, 1.82) is 0 Å². The third-order valence-electron chi connectivity index (χ3n) is 2.90. The van der Waals surface area contributed by atoms with Crippen LogP contribution in [0.3, 0.4) is 0 Å². The van der Waals surface area contributed by atoms with E-state index in [1.807, 2.05) is 0 Å². The summed E-state index contributed by atoms with van der Waals surface area (Å²) in [7, 11) is 0. The van der Waals surface area contributed by atoms with Gasteiger partial charge in [-0.15, -0.1) is 0 Å². The van der Waals surface area contributed by atoms with Gasteiger partial charge in [0.25, 0.3) is 0 Å². The number of hydrogen-bond acceptors (Lipinski definition) is 6. The minimum atomic E-state index is -0.679. The molecule has 1 unspecified atom stereocenters. The Bertz CT molecular complexity index is 542. The lowest BCUT2D eigenvalue weighted by atomic mass is 10.1. The fourth-order valence-electron chi connectivity index (χ4n) is 2.12. The average molecular weight is 325 g/mol. The van der Waals surface area contributed by atoms with Gasteiger partial charge in [-0.2, -0.15) is 0 Å². The summed E-state index contributed by atoms with van der Waals surface area (Å²) in [5.41, 5.74) is -0.853. The van der Waals surface area contributed by atoms with E-state index in [0.29, 0.717) is 18.6 Å². The zero-order valence-electron chi connectivity index (χ0n) is 15.0. The molecule has 0 aliphatic carbocycles. The fraction of sp³-hybridized carbons (Fsp3) is 0.706. The summed E-state index contributed by atoms with van der Waals surface area (Å²) in [5, 5.41) is 9.83. The molecule has 0 aromatic rings. The Morgan fingerprint density at radius 2 is 1.61 bits per heavy atom. The largest absolute Gasteiger partial charge is 0.512 e. The molecule has 0 saturated carbocycles. The molecular formula is C17H27NO5. The van der Waals surface area contributed by atoms with Gasteiger partial charge >= 0.3 is 11.9 Å². The predicted octanol–water partition coefficient (Wildman–Crippen LogP) is 3.11. The van der Waals surface area contributed by atoms with Crippen LogP contribution in [-0.2, 0) is 19.1 Å². The van der Waals surface area contributed by atoms with Crippen molar-refractivity contribution < 1.29 is 24.2 Å². The lowest BCUT2D eigenvalue weighted by molar-refractivity contribution is -0.156. The summed E-state index contributed by atoms with van der Waals surface area (Å²) in [6.07, 6.45) is 0.861. The highest BCUT2D eigenvalue weighted by Crippen LogP contribution is 2.24. The van der Waals surface area contributed by atoms with Crippen LogP contribution in [0, 0.1) is 0 Å². The van der Waals surface area contributed by atoms with Gasteiger partial charge in [0, 0.05) is 0 Å². The Labute approximate surface area is 137 Å². The highest BCUT2D eigenvalue weighted by atomic mass is 16.6. The van der Waals surface area contributed by atoms with Crippen molar-refractivity contribution in [1.82, 2.24) is 0 Å². The third kappa shape index (κ3) is 6.04. The Morgan fingerprint density at radius 1 is 1.09 bits per heavy atom. The monoisotopic (exact) mass is 325 g/mol. The summed E-state index contributed by atoms with van der Waals surface area (Å²) in [5.74, 6) is -1.23. The minimum Gasteiger partial charge on any atom is -0.512 e. The highest BCUT2D eigenvalue weighted by Gasteiger charge is 2.33. The molecule has 6 heteroatoms. The van der Waals surface area contributed by atoms with Gasteiger partial charge in [-0.1, -0.05) is 0 Å². The normalized spacial score (nSPS) is 19.8. The Balaban J connectivity index is 2.95. The molecule has 1 aliphatic rings. The van der Waals surface area contributed by atoms with Gasteiger partial charge in [-0.05, 0) is 61.3 Å². The molecule has 0 bridgehead atoms. The van der Waals surface area contributed by atoms with Gasteiger partial charge in [-0.25, -0.2) is 9.59 Å². The number of nitrogens with zero attached hydrogens (tertiary/aromatic N) is 1. The maximum atomic E-state index is 12.3. The number of hydrogen-bond donors (Lipinski definition) is 1. The van der Waals surface area contributed by atoms with Crippen molar-refractivity contribution in [3.63, 3.8) is 0 Å². The van der Waals surface area contributed by atoms with Crippen LogP contribution in [0.5, 0.6) is 0 Å². The molecule has 130 valence electrons. The SMILES string of the molecule is C/C(O)=C(\C(=O)OC(C)(C)C)C1=NC(C(=O)OC(C)(C)C)CC1. The van der Waals surface area contributed by atoms with Gasteiger partial charge in [0.2, 0.25) is 0 Å². The van der Waals surface area contributed by atoms with Crippen LogP contribution in [0.4, 0.5) is 0 Å². The molecule has 1 heterocycles. The molecule has 0 fully saturated rings. The molecule has 1 rings (SSSR count). The first-order valence-corrected chi connectivity index (χ1v) is 7.73. The van der Waals surface area contributed by atoms with Crippen LogP contribution in [-0.4, -0.2) is 40.0 Å². The number of aliphatic hydroxyl groups excluding tert-OH is 1. The lowest BCUT2D eigenvalue weighted by Gasteiger charge is -2.21. The van der Waals surface area contributed by atoms with E-state index in [1.165, 1.54) is 6.92 Å². The van der Waals surface area contributed by atoms with Crippen molar-refractivity contribution >= 4 is 17.7 Å². The first kappa shape index (κ1) is 19.2. The van der Waals surface area contributed by atoms with Gasteiger partial charge in [0.15, 0.2) is 0 Å². The number of carbonyl (C=O) groups is 2. The Morgan fingerprint density at radius 3 is 2.04 bits per heavy atom. The highest BCUT2D eigenvalue weighted by molar-refractivity contribution is 6.21. The van der Waals surface area contributed by atoms with Crippen LogP contribution in [0.2, 0.25) is 0 Å². The number of esters is 2. The summed E-state index contributed by atoms with van der Waals surface area (Å²) >= 11 is 0. The van der Waals surface area contributed by atoms with Gasteiger partial charge in [-0.3, -0.25) is 4.99 Å². The van der Waals surface area contributed by atoms with Crippen LogP contribution < -0.4 is 0 Å². The number of allylic oxidation sites excluding steroid dienone is 1.